The van der Waals surface area contributed by atoms with Crippen molar-refractivity contribution in [3.05, 3.63) is 155 Å². The predicted octanol–water partition coefficient (Wildman–Crippen LogP) is 6.97. The first-order valence-electron chi connectivity index (χ1n) is 15.6. The number of benzene rings is 4. The van der Waals surface area contributed by atoms with Gasteiger partial charge in [0.25, 0.3) is 5.56 Å². The van der Waals surface area contributed by atoms with Crippen molar-refractivity contribution in [1.29, 1.82) is 0 Å². The molecule has 11 heteroatoms. The Labute approximate surface area is 294 Å². The third-order valence-electron chi connectivity index (χ3n) is 8.55. The number of ether oxygens (including phenoxy) is 3. The Kier molecular flexibility index (Phi) is 8.11. The Balaban J connectivity index is 1.34. The van der Waals surface area contributed by atoms with E-state index in [9.17, 15) is 9.59 Å². The maximum absolute atomic E-state index is 14.5. The molecule has 0 amide bonds. The first-order valence-corrected chi connectivity index (χ1v) is 17.2. The molecule has 8 nitrogen and oxygen atoms in total. The van der Waals surface area contributed by atoms with Crippen molar-refractivity contribution < 1.29 is 19.0 Å². The molecule has 0 radical (unpaired) electrons. The third-order valence-corrected chi connectivity index (χ3v) is 10.1. The highest BCUT2D eigenvalue weighted by molar-refractivity contribution is 7.07. The highest BCUT2D eigenvalue weighted by atomic mass is 35.5. The van der Waals surface area contributed by atoms with Gasteiger partial charge in [0.05, 0.1) is 28.5 Å². The van der Waals surface area contributed by atoms with Gasteiger partial charge in [-0.25, -0.2) is 9.79 Å². The molecule has 2 aromatic heterocycles. The lowest BCUT2D eigenvalue weighted by atomic mass is 9.93. The lowest BCUT2D eigenvalue weighted by Gasteiger charge is -2.26. The van der Waals surface area contributed by atoms with Gasteiger partial charge in [-0.2, -0.15) is 0 Å². The summed E-state index contributed by atoms with van der Waals surface area (Å²) in [5.74, 6) is 0.582. The number of halogens is 2. The molecule has 2 aliphatic heterocycles. The summed E-state index contributed by atoms with van der Waals surface area (Å²) in [4.78, 5) is 33.8. The van der Waals surface area contributed by atoms with Crippen LogP contribution in [0.3, 0.4) is 0 Å². The molecule has 0 fully saturated rings. The second-order valence-corrected chi connectivity index (χ2v) is 13.4. The van der Waals surface area contributed by atoms with Crippen LogP contribution in [0.1, 0.15) is 35.2 Å². The molecular weight excluding hydrogens is 681 g/mol. The maximum Gasteiger partial charge on any atom is 0.338 e. The maximum atomic E-state index is 14.5. The molecule has 0 spiro atoms. The van der Waals surface area contributed by atoms with E-state index in [1.807, 2.05) is 91.1 Å². The Morgan fingerprint density at radius 1 is 1.00 bits per heavy atom. The Morgan fingerprint density at radius 3 is 2.61 bits per heavy atom. The van der Waals surface area contributed by atoms with Gasteiger partial charge in [0.15, 0.2) is 16.3 Å². The van der Waals surface area contributed by atoms with Crippen LogP contribution in [0.25, 0.3) is 22.7 Å². The molecule has 1 atom stereocenters. The smallest absolute Gasteiger partial charge is 0.338 e. The second kappa shape index (κ2) is 12.7. The molecule has 0 bridgehead atoms. The number of carbonyl (C=O) groups is 1. The Morgan fingerprint density at radius 2 is 1.80 bits per heavy atom. The first-order chi connectivity index (χ1) is 23.9. The van der Waals surface area contributed by atoms with E-state index in [1.54, 1.807) is 23.6 Å². The van der Waals surface area contributed by atoms with Crippen molar-refractivity contribution in [3.63, 3.8) is 0 Å². The lowest BCUT2D eigenvalue weighted by Crippen LogP contribution is -2.40. The largest absolute Gasteiger partial charge is 0.463 e. The van der Waals surface area contributed by atoms with Crippen molar-refractivity contribution in [2.24, 2.45) is 4.99 Å². The number of para-hydroxylation sites is 1. The zero-order chi connectivity index (χ0) is 33.6. The van der Waals surface area contributed by atoms with E-state index in [-0.39, 0.29) is 24.5 Å². The van der Waals surface area contributed by atoms with Crippen LogP contribution in [0.4, 0.5) is 0 Å². The molecule has 6 aromatic rings. The van der Waals surface area contributed by atoms with Gasteiger partial charge >= 0.3 is 5.97 Å². The van der Waals surface area contributed by atoms with Gasteiger partial charge in [0.2, 0.25) is 6.79 Å². The highest BCUT2D eigenvalue weighted by Crippen LogP contribution is 2.40. The van der Waals surface area contributed by atoms with Gasteiger partial charge in [0.1, 0.15) is 0 Å². The van der Waals surface area contributed by atoms with Crippen LogP contribution >= 0.6 is 34.5 Å². The molecular formula is C38H27Cl2N3O5S. The summed E-state index contributed by atoms with van der Waals surface area (Å²) in [6, 6.07) is 27.6. The fraction of sp³-hybridized carbons (Fsp3) is 0.132. The molecule has 4 heterocycles. The number of rotatable bonds is 7. The zero-order valence-electron chi connectivity index (χ0n) is 26.1. The van der Waals surface area contributed by atoms with E-state index in [0.717, 1.165) is 27.6 Å². The van der Waals surface area contributed by atoms with Gasteiger partial charge in [0, 0.05) is 44.8 Å². The molecule has 8 rings (SSSR count). The number of nitrogens with zero attached hydrogens (tertiary/aromatic N) is 3. The molecule has 0 saturated heterocycles. The summed E-state index contributed by atoms with van der Waals surface area (Å²) in [5, 5.41) is 2.13. The van der Waals surface area contributed by atoms with Crippen molar-refractivity contribution >= 4 is 63.2 Å². The van der Waals surface area contributed by atoms with E-state index in [0.29, 0.717) is 48.7 Å². The highest BCUT2D eigenvalue weighted by Gasteiger charge is 2.36. The van der Waals surface area contributed by atoms with Gasteiger partial charge in [-0.05, 0) is 54.5 Å². The summed E-state index contributed by atoms with van der Waals surface area (Å²) < 4.78 is 21.0. The van der Waals surface area contributed by atoms with Gasteiger partial charge in [-0.1, -0.05) is 95.2 Å². The van der Waals surface area contributed by atoms with E-state index < -0.39 is 12.0 Å². The molecule has 244 valence electrons. The van der Waals surface area contributed by atoms with Crippen LogP contribution in [0, 0.1) is 0 Å². The number of esters is 1. The van der Waals surface area contributed by atoms with Gasteiger partial charge < -0.3 is 18.8 Å². The minimum Gasteiger partial charge on any atom is -0.463 e. The van der Waals surface area contributed by atoms with Crippen LogP contribution < -0.4 is 24.4 Å². The predicted molar refractivity (Wildman–Crippen MR) is 191 cm³/mol. The second-order valence-electron chi connectivity index (χ2n) is 11.5. The summed E-state index contributed by atoms with van der Waals surface area (Å²) >= 11 is 14.0. The first kappa shape index (κ1) is 31.2. The number of aromatic nitrogens is 2. The fourth-order valence-electron chi connectivity index (χ4n) is 6.33. The monoisotopic (exact) mass is 707 g/mol. The molecule has 0 N–H and O–H groups in total. The van der Waals surface area contributed by atoms with Crippen LogP contribution in [0.2, 0.25) is 10.0 Å². The van der Waals surface area contributed by atoms with E-state index >= 15 is 0 Å². The van der Waals surface area contributed by atoms with Gasteiger partial charge in [-0.15, -0.1) is 0 Å². The topological polar surface area (TPSA) is 84.1 Å². The third kappa shape index (κ3) is 5.63. The number of thiazole rings is 1. The number of fused-ring (bicyclic) bond motifs is 3. The van der Waals surface area contributed by atoms with Crippen LogP contribution in [0.15, 0.2) is 113 Å². The van der Waals surface area contributed by atoms with Crippen LogP contribution in [-0.4, -0.2) is 28.5 Å². The van der Waals surface area contributed by atoms with Crippen molar-refractivity contribution in [1.82, 2.24) is 9.13 Å². The van der Waals surface area contributed by atoms with E-state index in [1.165, 1.54) is 11.3 Å². The summed E-state index contributed by atoms with van der Waals surface area (Å²) in [5.41, 5.74) is 4.60. The Hall–Kier alpha value is -5.09. The minimum absolute atomic E-state index is 0.0925. The Bertz CT molecular complexity index is 2500. The van der Waals surface area contributed by atoms with Gasteiger partial charge in [-0.3, -0.25) is 9.36 Å². The molecule has 49 heavy (non-hydrogen) atoms. The number of hydrogen-bond acceptors (Lipinski definition) is 7. The zero-order valence-corrected chi connectivity index (χ0v) is 28.4. The standard InChI is InChI=1S/C38H27Cl2N3O5S/c1-2-46-37(45)33-34(22-8-4-3-5-9-22)41-38-43(35(33)23-13-15-30-31(16-23)48-21-47-30)36(44)32(49-38)17-25-20-42(29-11-7-6-10-27(25)29)19-24-12-14-26(39)18-28(24)40/h3-18,20,35H,2,19,21H2,1H3/b32-17-/t35-/m1/s1. The van der Waals surface area contributed by atoms with E-state index in [4.69, 9.17) is 42.4 Å². The summed E-state index contributed by atoms with van der Waals surface area (Å²) in [6.45, 7) is 2.52. The SMILES string of the molecule is CCOC(=O)C1=C(c2ccccc2)N=c2s/c(=C\c3cn(Cc4ccc(Cl)cc4Cl)c4ccccc34)c(=O)n2[C@@H]1c1ccc2c(c1)OCO2. The normalized spacial score (nSPS) is 15.4. The summed E-state index contributed by atoms with van der Waals surface area (Å²) in [7, 11) is 0. The van der Waals surface area contributed by atoms with Crippen molar-refractivity contribution in [2.45, 2.75) is 19.5 Å². The molecule has 4 aromatic carbocycles. The number of carbonyl (C=O) groups excluding carboxylic acids is 1. The van der Waals surface area contributed by atoms with Crippen molar-refractivity contribution in [3.8, 4) is 11.5 Å². The molecule has 0 saturated carbocycles. The van der Waals surface area contributed by atoms with Crippen LogP contribution in [-0.2, 0) is 16.1 Å². The van der Waals surface area contributed by atoms with E-state index in [2.05, 4.69) is 4.57 Å². The average molecular weight is 709 g/mol. The van der Waals surface area contributed by atoms with Crippen molar-refractivity contribution in [2.75, 3.05) is 13.4 Å². The molecule has 0 unspecified atom stereocenters. The number of hydrogen-bond donors (Lipinski definition) is 0. The quantitative estimate of drug-likeness (QED) is 0.167. The van der Waals surface area contributed by atoms with Crippen LogP contribution in [0.5, 0.6) is 11.5 Å². The summed E-state index contributed by atoms with van der Waals surface area (Å²) in [6.07, 6.45) is 3.90. The lowest BCUT2D eigenvalue weighted by molar-refractivity contribution is -0.138. The molecule has 0 aliphatic carbocycles. The molecule has 2 aliphatic rings. The average Bonchev–Trinajstić information content (AvgIpc) is 3.81. The fourth-order valence-corrected chi connectivity index (χ4v) is 7.79. The minimum atomic E-state index is -0.837.